The highest BCUT2D eigenvalue weighted by Gasteiger charge is 2.50. The topological polar surface area (TPSA) is 49.8 Å². The monoisotopic (exact) mass is 393 g/mol. The number of fused-ring (bicyclic) bond motifs is 1. The summed E-state index contributed by atoms with van der Waals surface area (Å²) in [7, 11) is 1.86. The summed E-state index contributed by atoms with van der Waals surface area (Å²) in [6.45, 7) is 3.81. The van der Waals surface area contributed by atoms with Gasteiger partial charge in [-0.25, -0.2) is 0 Å². The first-order valence-electron chi connectivity index (χ1n) is 9.41. The third-order valence-electron chi connectivity index (χ3n) is 5.96. The van der Waals surface area contributed by atoms with Gasteiger partial charge < -0.3 is 14.7 Å². The van der Waals surface area contributed by atoms with E-state index in [9.17, 15) is 9.90 Å². The van der Waals surface area contributed by atoms with E-state index in [1.807, 2.05) is 30.6 Å². The minimum Gasteiger partial charge on any atom is -0.389 e. The molecule has 1 aromatic carbocycles. The highest BCUT2D eigenvalue weighted by Crippen LogP contribution is 2.56. The first kappa shape index (κ1) is 18.7. The molecule has 0 aromatic heterocycles. The van der Waals surface area contributed by atoms with Crippen molar-refractivity contribution in [3.8, 4) is 0 Å². The van der Waals surface area contributed by atoms with Gasteiger partial charge >= 0.3 is 0 Å². The van der Waals surface area contributed by atoms with E-state index in [0.29, 0.717) is 12.3 Å². The molecule has 2 fully saturated rings. The van der Waals surface area contributed by atoms with Gasteiger partial charge in [-0.2, -0.15) is 0 Å². The molecule has 3 aliphatic heterocycles. The van der Waals surface area contributed by atoms with Crippen LogP contribution in [0.5, 0.6) is 0 Å². The van der Waals surface area contributed by atoms with Crippen LogP contribution < -0.4 is 4.90 Å². The number of thioether (sulfide) groups is 2. The van der Waals surface area contributed by atoms with Crippen molar-refractivity contribution in [3.05, 3.63) is 23.8 Å². The second kappa shape index (κ2) is 7.04. The fourth-order valence-corrected chi connectivity index (χ4v) is 7.55. The van der Waals surface area contributed by atoms with Gasteiger partial charge in [0, 0.05) is 49.4 Å². The highest BCUT2D eigenvalue weighted by atomic mass is 32.2. The highest BCUT2D eigenvalue weighted by molar-refractivity contribution is 8.18. The van der Waals surface area contributed by atoms with Crippen LogP contribution in [0.1, 0.15) is 38.2 Å². The van der Waals surface area contributed by atoms with E-state index in [1.165, 1.54) is 10.5 Å². The van der Waals surface area contributed by atoms with E-state index in [4.69, 9.17) is 4.74 Å². The number of carbonyl (C=O) groups is 1. The number of benzene rings is 1. The van der Waals surface area contributed by atoms with Crippen molar-refractivity contribution in [1.82, 2.24) is 0 Å². The quantitative estimate of drug-likeness (QED) is 0.849. The van der Waals surface area contributed by atoms with Crippen LogP contribution in [0.2, 0.25) is 0 Å². The molecule has 142 valence electrons. The summed E-state index contributed by atoms with van der Waals surface area (Å²) in [5, 5.41) is 11.3. The molecule has 26 heavy (non-hydrogen) atoms. The Morgan fingerprint density at radius 1 is 1.31 bits per heavy atom. The molecule has 0 aliphatic carbocycles. The number of carbonyl (C=O) groups excluding carboxylic acids is 1. The molecular weight excluding hydrogens is 366 g/mol. The normalized spacial score (nSPS) is 32.7. The molecule has 1 N–H and O–H groups in total. The smallest absolute Gasteiger partial charge is 0.227 e. The molecule has 2 unspecified atom stereocenters. The fourth-order valence-electron chi connectivity index (χ4n) is 4.44. The molecule has 0 radical (unpaired) electrons. The lowest BCUT2D eigenvalue weighted by Gasteiger charge is -2.36. The number of aryl methyl sites for hydroxylation is 1. The third kappa shape index (κ3) is 3.53. The minimum absolute atomic E-state index is 0.0162. The Morgan fingerprint density at radius 3 is 2.85 bits per heavy atom. The zero-order chi connectivity index (χ0) is 18.4. The Balaban J connectivity index is 1.48. The van der Waals surface area contributed by atoms with Gasteiger partial charge in [0.2, 0.25) is 5.91 Å². The Morgan fingerprint density at radius 2 is 2.08 bits per heavy atom. The summed E-state index contributed by atoms with van der Waals surface area (Å²) in [5.74, 6) is 1.36. The minimum atomic E-state index is -0.572. The molecule has 0 bridgehead atoms. The largest absolute Gasteiger partial charge is 0.389 e. The molecule has 0 saturated carbocycles. The SMILES string of the molecule is CN1C(=O)CCc2cc(SC3(C)CC(O)(C4CCOCC4)CS3)ccc21. The van der Waals surface area contributed by atoms with Crippen molar-refractivity contribution in [2.45, 2.75) is 53.6 Å². The van der Waals surface area contributed by atoms with Crippen LogP contribution in [0.15, 0.2) is 23.1 Å². The first-order chi connectivity index (χ1) is 12.4. The van der Waals surface area contributed by atoms with Gasteiger partial charge in [0.25, 0.3) is 0 Å². The molecule has 3 aliphatic rings. The van der Waals surface area contributed by atoms with Gasteiger partial charge in [-0.15, -0.1) is 23.5 Å². The molecule has 3 heterocycles. The van der Waals surface area contributed by atoms with Crippen LogP contribution in [-0.2, 0) is 16.0 Å². The molecule has 0 spiro atoms. The predicted molar refractivity (Wildman–Crippen MR) is 108 cm³/mol. The van der Waals surface area contributed by atoms with Crippen molar-refractivity contribution in [3.63, 3.8) is 0 Å². The summed E-state index contributed by atoms with van der Waals surface area (Å²) in [6.07, 6.45) is 4.17. The summed E-state index contributed by atoms with van der Waals surface area (Å²) < 4.78 is 5.45. The number of amides is 1. The molecule has 4 nitrogen and oxygen atoms in total. The Labute approximate surface area is 164 Å². The molecule has 2 atom stereocenters. The fraction of sp³-hybridized carbons (Fsp3) is 0.650. The van der Waals surface area contributed by atoms with Crippen LogP contribution in [0, 0.1) is 5.92 Å². The number of nitrogens with zero attached hydrogens (tertiary/aromatic N) is 1. The van der Waals surface area contributed by atoms with Crippen LogP contribution in [0.25, 0.3) is 0 Å². The van der Waals surface area contributed by atoms with Crippen LogP contribution in [-0.4, -0.2) is 46.7 Å². The van der Waals surface area contributed by atoms with Crippen molar-refractivity contribution >= 4 is 35.1 Å². The van der Waals surface area contributed by atoms with Gasteiger partial charge in [0.05, 0.1) is 9.68 Å². The average molecular weight is 394 g/mol. The summed E-state index contributed by atoms with van der Waals surface area (Å²) in [5.41, 5.74) is 1.72. The number of hydrogen-bond acceptors (Lipinski definition) is 5. The zero-order valence-corrected chi connectivity index (χ0v) is 17.1. The third-order valence-corrected chi connectivity index (χ3v) is 9.03. The van der Waals surface area contributed by atoms with Gasteiger partial charge in [0.1, 0.15) is 0 Å². The van der Waals surface area contributed by atoms with E-state index >= 15 is 0 Å². The van der Waals surface area contributed by atoms with Crippen molar-refractivity contribution < 1.29 is 14.6 Å². The van der Waals surface area contributed by atoms with E-state index < -0.39 is 5.60 Å². The van der Waals surface area contributed by atoms with Crippen LogP contribution >= 0.6 is 23.5 Å². The molecule has 2 saturated heterocycles. The van der Waals surface area contributed by atoms with E-state index in [2.05, 4.69) is 25.1 Å². The van der Waals surface area contributed by atoms with Gasteiger partial charge in [-0.05, 0) is 55.9 Å². The Hall–Kier alpha value is -0.690. The van der Waals surface area contributed by atoms with Gasteiger partial charge in [-0.1, -0.05) is 0 Å². The predicted octanol–water partition coefficient (Wildman–Crippen LogP) is 3.70. The number of aliphatic hydroxyl groups is 1. The molecule has 1 amide bonds. The number of anilines is 1. The lowest BCUT2D eigenvalue weighted by Crippen LogP contribution is -2.42. The molecule has 6 heteroatoms. The van der Waals surface area contributed by atoms with Crippen molar-refractivity contribution in [2.75, 3.05) is 30.9 Å². The summed E-state index contributed by atoms with van der Waals surface area (Å²) in [4.78, 5) is 14.9. The molecular formula is C20H27NO3S2. The van der Waals surface area contributed by atoms with Crippen molar-refractivity contribution in [2.24, 2.45) is 5.92 Å². The average Bonchev–Trinajstić information content (AvgIpc) is 2.95. The second-order valence-corrected chi connectivity index (χ2v) is 11.2. The van der Waals surface area contributed by atoms with E-state index in [1.54, 1.807) is 4.90 Å². The van der Waals surface area contributed by atoms with Crippen molar-refractivity contribution in [1.29, 1.82) is 0 Å². The number of ether oxygens (including phenoxy) is 1. The van der Waals surface area contributed by atoms with E-state index in [-0.39, 0.29) is 9.99 Å². The first-order valence-corrected chi connectivity index (χ1v) is 11.2. The number of rotatable bonds is 3. The van der Waals surface area contributed by atoms with Crippen LogP contribution in [0.4, 0.5) is 5.69 Å². The molecule has 1 aromatic rings. The maximum Gasteiger partial charge on any atom is 0.227 e. The lowest BCUT2D eigenvalue weighted by molar-refractivity contribution is -0.118. The standard InChI is InChI=1S/C20H27NO3S2/c1-19(12-20(23,13-25-19)15-7-9-24-10-8-15)26-16-4-5-17-14(11-16)3-6-18(22)21(17)2/h4-5,11,15,23H,3,6-10,12-13H2,1-2H3. The lowest BCUT2D eigenvalue weighted by atomic mass is 9.80. The maximum atomic E-state index is 11.9. The summed E-state index contributed by atoms with van der Waals surface area (Å²) >= 11 is 3.75. The van der Waals surface area contributed by atoms with Gasteiger partial charge in [0.15, 0.2) is 0 Å². The van der Waals surface area contributed by atoms with Crippen LogP contribution in [0.3, 0.4) is 0 Å². The summed E-state index contributed by atoms with van der Waals surface area (Å²) in [6, 6.07) is 6.43. The molecule has 4 rings (SSSR count). The van der Waals surface area contributed by atoms with Gasteiger partial charge in [-0.3, -0.25) is 4.79 Å². The number of hydrogen-bond donors (Lipinski definition) is 1. The zero-order valence-electron chi connectivity index (χ0n) is 15.5. The van der Waals surface area contributed by atoms with E-state index in [0.717, 1.165) is 50.3 Å². The second-order valence-electron chi connectivity index (χ2n) is 7.93. The Bertz CT molecular complexity index is 706. The maximum absolute atomic E-state index is 11.9. The Kier molecular flexibility index (Phi) is 5.05.